The predicted octanol–water partition coefficient (Wildman–Crippen LogP) is 23.3. The SMILES string of the molecule is CC/C=C\C/C=C\C/C=C\C/C=C\CCCCCCC(=O)OC(COC(=O)CCCCCCCCCCCCCC)COC(=O)CCCCCCCCCCCCCCCCCCCCCCCCCCCCCCCC. The van der Waals surface area contributed by atoms with E-state index in [0.717, 1.165) is 96.3 Å². The predicted molar refractivity (Wildman–Crippen MR) is 335 cm³/mol. The van der Waals surface area contributed by atoms with Gasteiger partial charge in [0.1, 0.15) is 13.2 Å². The summed E-state index contributed by atoms with van der Waals surface area (Å²) in [5, 5.41) is 0. The van der Waals surface area contributed by atoms with Gasteiger partial charge >= 0.3 is 17.9 Å². The van der Waals surface area contributed by atoms with Gasteiger partial charge in [-0.3, -0.25) is 14.4 Å². The number of ether oxygens (including phenoxy) is 3. The molecule has 0 N–H and O–H groups in total. The molecular weight excluding hydrogens is 949 g/mol. The topological polar surface area (TPSA) is 78.9 Å². The third-order valence-corrected chi connectivity index (χ3v) is 15.3. The van der Waals surface area contributed by atoms with E-state index in [9.17, 15) is 14.4 Å². The van der Waals surface area contributed by atoms with Gasteiger partial charge < -0.3 is 14.2 Å². The van der Waals surface area contributed by atoms with E-state index in [1.165, 1.54) is 231 Å². The molecule has 1 unspecified atom stereocenters. The summed E-state index contributed by atoms with van der Waals surface area (Å²) in [6.07, 6.45) is 83.0. The standard InChI is InChI=1S/C71H130O6/c1-4-7-10-13-16-19-22-25-27-29-30-31-32-33-34-35-36-37-38-39-40-41-43-44-46-49-52-55-58-61-64-70(73)76-67-68(66-75-69(72)63-60-57-54-51-48-24-21-18-15-12-9-6-3)77-71(74)65-62-59-56-53-50-47-45-42-28-26-23-20-17-14-11-8-5-2/h8,11,17,20,26,28,45,47,68H,4-7,9-10,12-16,18-19,21-25,27,29-44,46,48-67H2,1-3H3/b11-8-,20-17-,28-26-,47-45-. The van der Waals surface area contributed by atoms with Crippen molar-refractivity contribution in [1.29, 1.82) is 0 Å². The number of unbranched alkanes of at least 4 members (excludes halogenated alkanes) is 44. The first-order valence-corrected chi connectivity index (χ1v) is 34.1. The summed E-state index contributed by atoms with van der Waals surface area (Å²) >= 11 is 0. The molecule has 0 aromatic rings. The van der Waals surface area contributed by atoms with E-state index >= 15 is 0 Å². The quantitative estimate of drug-likeness (QED) is 0.0261. The molecule has 0 aromatic carbocycles. The molecule has 0 spiro atoms. The Morgan fingerprint density at radius 2 is 0.506 bits per heavy atom. The average Bonchev–Trinajstić information content (AvgIpc) is 3.43. The average molecular weight is 1080 g/mol. The molecule has 450 valence electrons. The number of carbonyl (C=O) groups excluding carboxylic acids is 3. The van der Waals surface area contributed by atoms with Crippen LogP contribution >= 0.6 is 0 Å². The van der Waals surface area contributed by atoms with Crippen LogP contribution in [0.25, 0.3) is 0 Å². The molecule has 0 fully saturated rings. The maximum Gasteiger partial charge on any atom is 0.306 e. The summed E-state index contributed by atoms with van der Waals surface area (Å²) in [5.41, 5.74) is 0. The highest BCUT2D eigenvalue weighted by Gasteiger charge is 2.19. The molecule has 0 radical (unpaired) electrons. The zero-order valence-electron chi connectivity index (χ0n) is 51.7. The Labute approximate surface area is 479 Å². The molecule has 0 heterocycles. The third-order valence-electron chi connectivity index (χ3n) is 15.3. The van der Waals surface area contributed by atoms with Crippen molar-refractivity contribution in [3.8, 4) is 0 Å². The fraction of sp³-hybridized carbons (Fsp3) is 0.845. The molecule has 6 heteroatoms. The van der Waals surface area contributed by atoms with Gasteiger partial charge in [0.25, 0.3) is 0 Å². The highest BCUT2D eigenvalue weighted by molar-refractivity contribution is 5.71. The van der Waals surface area contributed by atoms with E-state index in [-0.39, 0.29) is 31.1 Å². The van der Waals surface area contributed by atoms with Gasteiger partial charge in [-0.15, -0.1) is 0 Å². The Hall–Kier alpha value is -2.63. The van der Waals surface area contributed by atoms with Crippen molar-refractivity contribution in [2.75, 3.05) is 13.2 Å². The second kappa shape index (κ2) is 65.9. The van der Waals surface area contributed by atoms with E-state index in [4.69, 9.17) is 14.2 Å². The van der Waals surface area contributed by atoms with Crippen molar-refractivity contribution in [3.05, 3.63) is 48.6 Å². The van der Waals surface area contributed by atoms with Crippen LogP contribution in [0.1, 0.15) is 367 Å². The number of hydrogen-bond acceptors (Lipinski definition) is 6. The lowest BCUT2D eigenvalue weighted by Gasteiger charge is -2.18. The zero-order valence-corrected chi connectivity index (χ0v) is 51.7. The van der Waals surface area contributed by atoms with Crippen LogP contribution in [0.2, 0.25) is 0 Å². The van der Waals surface area contributed by atoms with Crippen molar-refractivity contribution in [2.45, 2.75) is 374 Å². The summed E-state index contributed by atoms with van der Waals surface area (Å²) in [5.74, 6) is -0.880. The molecule has 0 aromatic heterocycles. The van der Waals surface area contributed by atoms with Gasteiger partial charge in [0.15, 0.2) is 6.10 Å². The van der Waals surface area contributed by atoms with Gasteiger partial charge in [-0.25, -0.2) is 0 Å². The van der Waals surface area contributed by atoms with Gasteiger partial charge in [0.05, 0.1) is 0 Å². The largest absolute Gasteiger partial charge is 0.462 e. The molecule has 0 amide bonds. The summed E-state index contributed by atoms with van der Waals surface area (Å²) in [4.78, 5) is 38.3. The lowest BCUT2D eigenvalue weighted by Crippen LogP contribution is -2.30. The first-order chi connectivity index (χ1) is 38.0. The third kappa shape index (κ3) is 64.1. The molecule has 0 aliphatic rings. The van der Waals surface area contributed by atoms with Crippen molar-refractivity contribution in [3.63, 3.8) is 0 Å². The van der Waals surface area contributed by atoms with Crippen molar-refractivity contribution >= 4 is 17.9 Å². The molecule has 0 bridgehead atoms. The van der Waals surface area contributed by atoms with Gasteiger partial charge in [-0.05, 0) is 57.8 Å². The first-order valence-electron chi connectivity index (χ1n) is 34.1. The van der Waals surface area contributed by atoms with Crippen LogP contribution in [0, 0.1) is 0 Å². The van der Waals surface area contributed by atoms with Crippen LogP contribution in [0.4, 0.5) is 0 Å². The number of hydrogen-bond donors (Lipinski definition) is 0. The molecule has 0 saturated heterocycles. The van der Waals surface area contributed by atoms with Crippen molar-refractivity contribution in [2.24, 2.45) is 0 Å². The van der Waals surface area contributed by atoms with E-state index in [0.29, 0.717) is 19.3 Å². The fourth-order valence-corrected chi connectivity index (χ4v) is 10.3. The Balaban J connectivity index is 4.15. The Kier molecular flexibility index (Phi) is 63.6. The van der Waals surface area contributed by atoms with Gasteiger partial charge in [-0.1, -0.05) is 339 Å². The minimum absolute atomic E-state index is 0.0785. The minimum Gasteiger partial charge on any atom is -0.462 e. The number of rotatable bonds is 63. The van der Waals surface area contributed by atoms with E-state index in [2.05, 4.69) is 69.4 Å². The highest BCUT2D eigenvalue weighted by Crippen LogP contribution is 2.18. The van der Waals surface area contributed by atoms with Crippen LogP contribution in [0.5, 0.6) is 0 Å². The second-order valence-electron chi connectivity index (χ2n) is 23.1. The summed E-state index contributed by atoms with van der Waals surface area (Å²) < 4.78 is 16.9. The molecule has 0 rings (SSSR count). The minimum atomic E-state index is -0.783. The van der Waals surface area contributed by atoms with Crippen molar-refractivity contribution in [1.82, 2.24) is 0 Å². The number of esters is 3. The number of allylic oxidation sites excluding steroid dienone is 8. The van der Waals surface area contributed by atoms with Crippen LogP contribution in [0.15, 0.2) is 48.6 Å². The van der Waals surface area contributed by atoms with Crippen LogP contribution in [-0.2, 0) is 28.6 Å². The molecule has 0 aliphatic carbocycles. The van der Waals surface area contributed by atoms with Gasteiger partial charge in [0.2, 0.25) is 0 Å². The van der Waals surface area contributed by atoms with E-state index in [1.54, 1.807) is 0 Å². The normalized spacial score (nSPS) is 12.3. The van der Waals surface area contributed by atoms with Crippen LogP contribution in [0.3, 0.4) is 0 Å². The highest BCUT2D eigenvalue weighted by atomic mass is 16.6. The van der Waals surface area contributed by atoms with Crippen LogP contribution in [-0.4, -0.2) is 37.2 Å². The summed E-state index contributed by atoms with van der Waals surface area (Å²) in [7, 11) is 0. The first kappa shape index (κ1) is 74.4. The monoisotopic (exact) mass is 1080 g/mol. The van der Waals surface area contributed by atoms with E-state index in [1.807, 2.05) is 0 Å². The maximum absolute atomic E-state index is 12.9. The summed E-state index contributed by atoms with van der Waals surface area (Å²) in [6, 6.07) is 0. The Bertz CT molecular complexity index is 1330. The van der Waals surface area contributed by atoms with Crippen molar-refractivity contribution < 1.29 is 28.6 Å². The Morgan fingerprint density at radius 3 is 0.792 bits per heavy atom. The molecule has 77 heavy (non-hydrogen) atoms. The van der Waals surface area contributed by atoms with Gasteiger partial charge in [-0.2, -0.15) is 0 Å². The second-order valence-corrected chi connectivity index (χ2v) is 23.1. The molecule has 0 saturated carbocycles. The lowest BCUT2D eigenvalue weighted by molar-refractivity contribution is -0.167. The molecule has 0 aliphatic heterocycles. The maximum atomic E-state index is 12.9. The Morgan fingerprint density at radius 1 is 0.273 bits per heavy atom. The lowest BCUT2D eigenvalue weighted by atomic mass is 10.0. The zero-order chi connectivity index (χ0) is 55.7. The van der Waals surface area contributed by atoms with Crippen LogP contribution < -0.4 is 0 Å². The smallest absolute Gasteiger partial charge is 0.306 e. The molecule has 1 atom stereocenters. The fourth-order valence-electron chi connectivity index (χ4n) is 10.3. The number of carbonyl (C=O) groups is 3. The summed E-state index contributed by atoms with van der Waals surface area (Å²) in [6.45, 7) is 6.56. The van der Waals surface area contributed by atoms with E-state index < -0.39 is 6.10 Å². The molecule has 6 nitrogen and oxygen atoms in total. The molecular formula is C71H130O6. The van der Waals surface area contributed by atoms with Gasteiger partial charge in [0, 0.05) is 19.3 Å².